The molecule has 0 saturated heterocycles. The van der Waals surface area contributed by atoms with Crippen LogP contribution in [-0.4, -0.2) is 10.1 Å². The zero-order valence-corrected chi connectivity index (χ0v) is 10.9. The van der Waals surface area contributed by atoms with E-state index in [0.29, 0.717) is 17.9 Å². The lowest BCUT2D eigenvalue weighted by atomic mass is 10.2. The Balaban J connectivity index is 2.17. The molecule has 0 fully saturated rings. The van der Waals surface area contributed by atoms with E-state index in [4.69, 9.17) is 4.74 Å². The van der Waals surface area contributed by atoms with E-state index in [0.717, 1.165) is 5.56 Å². The molecule has 0 saturated carbocycles. The molecule has 2 aromatic rings. The molecule has 0 bridgehead atoms. The number of benzene rings is 1. The number of hydrogen-bond donors (Lipinski definition) is 1. The van der Waals surface area contributed by atoms with Crippen LogP contribution >= 0.6 is 0 Å². The van der Waals surface area contributed by atoms with E-state index in [1.807, 2.05) is 13.8 Å². The Morgan fingerprint density at radius 1 is 1.32 bits per heavy atom. The van der Waals surface area contributed by atoms with Crippen LogP contribution in [0.3, 0.4) is 0 Å². The molecule has 1 aromatic carbocycles. The van der Waals surface area contributed by atoms with Crippen molar-refractivity contribution in [3.05, 3.63) is 53.6 Å². The van der Waals surface area contributed by atoms with E-state index in [2.05, 4.69) is 4.98 Å². The van der Waals surface area contributed by atoms with Gasteiger partial charge in [0, 0.05) is 0 Å². The van der Waals surface area contributed by atoms with Crippen molar-refractivity contribution >= 4 is 0 Å². The average molecular weight is 261 g/mol. The lowest BCUT2D eigenvalue weighted by Crippen LogP contribution is -1.98. The molecular weight excluding hydrogens is 245 g/mol. The van der Waals surface area contributed by atoms with Crippen molar-refractivity contribution in [1.29, 1.82) is 0 Å². The Morgan fingerprint density at radius 3 is 2.74 bits per heavy atom. The number of nitrogens with zero attached hydrogens (tertiary/aromatic N) is 1. The highest BCUT2D eigenvalue weighted by molar-refractivity contribution is 5.34. The van der Waals surface area contributed by atoms with Gasteiger partial charge < -0.3 is 9.84 Å². The maximum Gasteiger partial charge on any atom is 0.165 e. The highest BCUT2D eigenvalue weighted by atomic mass is 19.1. The molecule has 19 heavy (non-hydrogen) atoms. The minimum Gasteiger partial charge on any atom is -0.453 e. The van der Waals surface area contributed by atoms with Crippen LogP contribution in [0.4, 0.5) is 4.39 Å². The molecule has 0 aliphatic rings. The third kappa shape index (κ3) is 3.29. The second-order valence-electron chi connectivity index (χ2n) is 4.38. The quantitative estimate of drug-likeness (QED) is 0.911. The van der Waals surface area contributed by atoms with E-state index in [-0.39, 0.29) is 5.75 Å². The highest BCUT2D eigenvalue weighted by Gasteiger charge is 2.08. The number of aliphatic hydroxyl groups excluding tert-OH is 1. The fourth-order valence-electron chi connectivity index (χ4n) is 1.67. The van der Waals surface area contributed by atoms with Crippen LogP contribution in [0, 0.1) is 12.7 Å². The molecule has 0 aliphatic heterocycles. The zero-order valence-electron chi connectivity index (χ0n) is 10.9. The smallest absolute Gasteiger partial charge is 0.165 e. The average Bonchev–Trinajstić information content (AvgIpc) is 2.43. The van der Waals surface area contributed by atoms with Crippen molar-refractivity contribution in [3.8, 4) is 11.5 Å². The summed E-state index contributed by atoms with van der Waals surface area (Å²) in [6.07, 6.45) is 1.50. The van der Waals surface area contributed by atoms with Crippen molar-refractivity contribution in [3.63, 3.8) is 0 Å². The van der Waals surface area contributed by atoms with E-state index in [1.165, 1.54) is 12.3 Å². The number of halogens is 1. The Labute approximate surface area is 111 Å². The van der Waals surface area contributed by atoms with Crippen LogP contribution in [0.25, 0.3) is 0 Å². The van der Waals surface area contributed by atoms with E-state index >= 15 is 0 Å². The van der Waals surface area contributed by atoms with Gasteiger partial charge in [0.15, 0.2) is 11.6 Å². The minimum atomic E-state index is -0.579. The lowest BCUT2D eigenvalue weighted by Gasteiger charge is -2.10. The van der Waals surface area contributed by atoms with Crippen LogP contribution < -0.4 is 4.74 Å². The first-order valence-corrected chi connectivity index (χ1v) is 6.18. The predicted octanol–water partition coefficient (Wildman–Crippen LogP) is 3.76. The van der Waals surface area contributed by atoms with Gasteiger partial charge in [-0.15, -0.1) is 0 Å². The van der Waals surface area contributed by atoms with Gasteiger partial charge in [-0.05, 0) is 43.2 Å². The molecule has 0 radical (unpaired) electrons. The molecule has 4 heteroatoms. The number of aryl methyl sites for hydroxylation is 1. The summed E-state index contributed by atoms with van der Waals surface area (Å²) in [6, 6.07) is 8.03. The predicted molar refractivity (Wildman–Crippen MR) is 70.7 cm³/mol. The largest absolute Gasteiger partial charge is 0.453 e. The molecule has 0 unspecified atom stereocenters. The number of hydrogen-bond acceptors (Lipinski definition) is 3. The number of ether oxygens (including phenoxy) is 1. The van der Waals surface area contributed by atoms with Crippen LogP contribution in [-0.2, 0) is 0 Å². The summed E-state index contributed by atoms with van der Waals surface area (Å²) in [7, 11) is 0. The summed E-state index contributed by atoms with van der Waals surface area (Å²) in [4.78, 5) is 4.10. The topological polar surface area (TPSA) is 42.4 Å². The minimum absolute atomic E-state index is 0.172. The molecule has 2 rings (SSSR count). The van der Waals surface area contributed by atoms with Crippen LogP contribution in [0.5, 0.6) is 11.5 Å². The van der Waals surface area contributed by atoms with Gasteiger partial charge in [0.2, 0.25) is 0 Å². The van der Waals surface area contributed by atoms with E-state index < -0.39 is 11.9 Å². The van der Waals surface area contributed by atoms with Crippen molar-refractivity contribution in [2.24, 2.45) is 0 Å². The molecule has 100 valence electrons. The SMILES string of the molecule is CC[C@@H](O)c1ccc(Oc2cc(C)ccc2F)cn1. The maximum absolute atomic E-state index is 13.5. The van der Waals surface area contributed by atoms with E-state index in [9.17, 15) is 9.50 Å². The Morgan fingerprint density at radius 2 is 2.11 bits per heavy atom. The van der Waals surface area contributed by atoms with Gasteiger partial charge >= 0.3 is 0 Å². The highest BCUT2D eigenvalue weighted by Crippen LogP contribution is 2.25. The summed E-state index contributed by atoms with van der Waals surface area (Å²) in [6.45, 7) is 3.74. The molecule has 0 amide bonds. The normalized spacial score (nSPS) is 12.2. The summed E-state index contributed by atoms with van der Waals surface area (Å²) < 4.78 is 19.0. The van der Waals surface area contributed by atoms with Crippen LogP contribution in [0.2, 0.25) is 0 Å². The molecule has 3 nitrogen and oxygen atoms in total. The summed E-state index contributed by atoms with van der Waals surface area (Å²) in [5.41, 5.74) is 1.50. The fraction of sp³-hybridized carbons (Fsp3) is 0.267. The van der Waals surface area contributed by atoms with Gasteiger partial charge in [0.25, 0.3) is 0 Å². The number of rotatable bonds is 4. The van der Waals surface area contributed by atoms with Crippen molar-refractivity contribution < 1.29 is 14.2 Å². The first-order valence-electron chi connectivity index (χ1n) is 6.18. The summed E-state index contributed by atoms with van der Waals surface area (Å²) >= 11 is 0. The van der Waals surface area contributed by atoms with Crippen LogP contribution in [0.15, 0.2) is 36.5 Å². The Bertz CT molecular complexity index is 555. The monoisotopic (exact) mass is 261 g/mol. The molecule has 1 heterocycles. The molecular formula is C15H16FNO2. The van der Waals surface area contributed by atoms with Gasteiger partial charge in [-0.3, -0.25) is 4.98 Å². The molecule has 0 spiro atoms. The number of aliphatic hydroxyl groups is 1. The lowest BCUT2D eigenvalue weighted by molar-refractivity contribution is 0.169. The molecule has 1 atom stereocenters. The van der Waals surface area contributed by atoms with Gasteiger partial charge in [-0.1, -0.05) is 13.0 Å². The standard InChI is InChI=1S/C15H16FNO2/c1-3-14(18)13-7-5-11(9-17-13)19-15-8-10(2)4-6-12(15)16/h4-9,14,18H,3H2,1-2H3/t14-/m1/s1. The fourth-order valence-corrected chi connectivity index (χ4v) is 1.67. The second-order valence-corrected chi connectivity index (χ2v) is 4.38. The second kappa shape index (κ2) is 5.80. The van der Waals surface area contributed by atoms with Gasteiger partial charge in [0.1, 0.15) is 5.75 Å². The van der Waals surface area contributed by atoms with E-state index in [1.54, 1.807) is 24.3 Å². The zero-order chi connectivity index (χ0) is 13.8. The Hall–Kier alpha value is -1.94. The van der Waals surface area contributed by atoms with Crippen LogP contribution in [0.1, 0.15) is 30.7 Å². The molecule has 0 aliphatic carbocycles. The molecule has 1 N–H and O–H groups in total. The third-order valence-corrected chi connectivity index (χ3v) is 2.80. The first kappa shape index (κ1) is 13.5. The van der Waals surface area contributed by atoms with Crippen molar-refractivity contribution in [1.82, 2.24) is 4.98 Å². The van der Waals surface area contributed by atoms with Gasteiger partial charge in [0.05, 0.1) is 18.0 Å². The third-order valence-electron chi connectivity index (χ3n) is 2.80. The summed E-state index contributed by atoms with van der Waals surface area (Å²) in [5.74, 6) is 0.199. The van der Waals surface area contributed by atoms with Crippen molar-refractivity contribution in [2.75, 3.05) is 0 Å². The number of aromatic nitrogens is 1. The number of pyridine rings is 1. The van der Waals surface area contributed by atoms with Gasteiger partial charge in [-0.25, -0.2) is 4.39 Å². The maximum atomic E-state index is 13.5. The molecule has 1 aromatic heterocycles. The Kier molecular flexibility index (Phi) is 4.12. The van der Waals surface area contributed by atoms with Crippen molar-refractivity contribution in [2.45, 2.75) is 26.4 Å². The summed E-state index contributed by atoms with van der Waals surface area (Å²) in [5, 5.41) is 9.63. The van der Waals surface area contributed by atoms with Gasteiger partial charge in [-0.2, -0.15) is 0 Å². The first-order chi connectivity index (χ1) is 9.10.